The van der Waals surface area contributed by atoms with Crippen LogP contribution in [-0.4, -0.2) is 70.4 Å². The van der Waals surface area contributed by atoms with Gasteiger partial charge < -0.3 is 30.1 Å². The normalized spacial score (nSPS) is 17.6. The lowest BCUT2D eigenvalue weighted by atomic mass is 10.1. The van der Waals surface area contributed by atoms with E-state index in [0.717, 1.165) is 0 Å². The Balaban J connectivity index is 2.66. The van der Waals surface area contributed by atoms with Gasteiger partial charge in [-0.25, -0.2) is 14.4 Å². The zero-order chi connectivity index (χ0) is 23.8. The van der Waals surface area contributed by atoms with Gasteiger partial charge in [-0.1, -0.05) is 0 Å². The van der Waals surface area contributed by atoms with Crippen LogP contribution in [0.5, 0.6) is 0 Å². The molecule has 0 bridgehead atoms. The molecule has 1 saturated heterocycles. The fourth-order valence-corrected chi connectivity index (χ4v) is 3.17. The number of carbonyl (C=O) groups is 4. The molecule has 178 valence electrons. The minimum absolute atomic E-state index is 0.289. The molecule has 0 aromatic rings. The second kappa shape index (κ2) is 11.2. The number of nitrogens with zero attached hydrogens (tertiary/aromatic N) is 1. The lowest BCUT2D eigenvalue weighted by molar-refractivity contribution is -0.149. The van der Waals surface area contributed by atoms with Crippen LogP contribution in [0.25, 0.3) is 0 Å². The molecule has 0 aromatic carbocycles. The predicted molar refractivity (Wildman–Crippen MR) is 114 cm³/mol. The van der Waals surface area contributed by atoms with Crippen molar-refractivity contribution in [2.75, 3.05) is 13.1 Å². The van der Waals surface area contributed by atoms with Crippen LogP contribution < -0.4 is 10.6 Å². The standard InChI is InChI=1S/C21H37N3O7/c1-20(2,3)30-18(28)22-12-8-7-10-14(23-19(29)31-21(4,5)6)16(25)24-13-9-11-15(24)17(26)27/h14-15H,7-13H2,1-6H3,(H,22,28)(H,23,29)(H,26,27)/t14-,15-/m0/s1. The van der Waals surface area contributed by atoms with Crippen LogP contribution in [0.1, 0.15) is 73.6 Å². The van der Waals surface area contributed by atoms with Gasteiger partial charge in [-0.2, -0.15) is 0 Å². The quantitative estimate of drug-likeness (QED) is 0.491. The van der Waals surface area contributed by atoms with Crippen molar-refractivity contribution in [3.05, 3.63) is 0 Å². The third kappa shape index (κ3) is 10.4. The van der Waals surface area contributed by atoms with Crippen LogP contribution >= 0.6 is 0 Å². The Morgan fingerprint density at radius 3 is 2.13 bits per heavy atom. The van der Waals surface area contributed by atoms with Gasteiger partial charge in [0, 0.05) is 13.1 Å². The van der Waals surface area contributed by atoms with E-state index in [-0.39, 0.29) is 6.42 Å². The van der Waals surface area contributed by atoms with Crippen molar-refractivity contribution in [3.8, 4) is 0 Å². The van der Waals surface area contributed by atoms with Crippen molar-refractivity contribution in [2.24, 2.45) is 0 Å². The summed E-state index contributed by atoms with van der Waals surface area (Å²) in [5.74, 6) is -1.49. The average molecular weight is 444 g/mol. The number of alkyl carbamates (subject to hydrolysis) is 2. The summed E-state index contributed by atoms with van der Waals surface area (Å²) in [5.41, 5.74) is -1.32. The molecular formula is C21H37N3O7. The number of hydrogen-bond acceptors (Lipinski definition) is 6. The number of carboxylic acid groups (broad SMARTS) is 1. The van der Waals surface area contributed by atoms with Crippen molar-refractivity contribution in [2.45, 2.75) is 96.9 Å². The van der Waals surface area contributed by atoms with E-state index in [4.69, 9.17) is 9.47 Å². The topological polar surface area (TPSA) is 134 Å². The van der Waals surface area contributed by atoms with Crippen molar-refractivity contribution in [3.63, 3.8) is 0 Å². The van der Waals surface area contributed by atoms with Crippen LogP contribution in [0.3, 0.4) is 0 Å². The van der Waals surface area contributed by atoms with E-state index < -0.39 is 47.3 Å². The zero-order valence-corrected chi connectivity index (χ0v) is 19.4. The number of carbonyl (C=O) groups excluding carboxylic acids is 3. The highest BCUT2D eigenvalue weighted by atomic mass is 16.6. The first-order valence-electron chi connectivity index (χ1n) is 10.7. The summed E-state index contributed by atoms with van der Waals surface area (Å²) in [5, 5.41) is 14.6. The van der Waals surface area contributed by atoms with Crippen LogP contribution in [0.4, 0.5) is 9.59 Å². The van der Waals surface area contributed by atoms with Gasteiger partial charge in [0.1, 0.15) is 23.3 Å². The molecule has 0 spiro atoms. The lowest BCUT2D eigenvalue weighted by Gasteiger charge is -2.28. The molecule has 0 radical (unpaired) electrons. The molecule has 31 heavy (non-hydrogen) atoms. The number of likely N-dealkylation sites (tertiary alicyclic amines) is 1. The average Bonchev–Trinajstić information content (AvgIpc) is 3.06. The molecule has 1 heterocycles. The summed E-state index contributed by atoms with van der Waals surface area (Å²) in [6.45, 7) is 11.1. The molecule has 1 rings (SSSR count). The first-order valence-corrected chi connectivity index (χ1v) is 10.7. The minimum atomic E-state index is -1.05. The highest BCUT2D eigenvalue weighted by Crippen LogP contribution is 2.20. The molecule has 1 aliphatic rings. The summed E-state index contributed by atoms with van der Waals surface area (Å²) >= 11 is 0. The third-order valence-electron chi connectivity index (χ3n) is 4.40. The Morgan fingerprint density at radius 2 is 1.58 bits per heavy atom. The third-order valence-corrected chi connectivity index (χ3v) is 4.40. The molecular weight excluding hydrogens is 406 g/mol. The highest BCUT2D eigenvalue weighted by Gasteiger charge is 2.37. The number of hydrogen-bond donors (Lipinski definition) is 3. The number of nitrogens with one attached hydrogen (secondary N) is 2. The number of rotatable bonds is 8. The van der Waals surface area contributed by atoms with Crippen LogP contribution in [-0.2, 0) is 19.1 Å². The first kappa shape index (κ1) is 26.5. The van der Waals surface area contributed by atoms with Gasteiger partial charge >= 0.3 is 18.2 Å². The van der Waals surface area contributed by atoms with E-state index >= 15 is 0 Å². The van der Waals surface area contributed by atoms with Gasteiger partial charge in [0.05, 0.1) is 0 Å². The largest absolute Gasteiger partial charge is 0.480 e. The Labute approximate surface area is 184 Å². The van der Waals surface area contributed by atoms with E-state index in [1.165, 1.54) is 4.90 Å². The molecule has 3 N–H and O–H groups in total. The fourth-order valence-electron chi connectivity index (χ4n) is 3.17. The summed E-state index contributed by atoms with van der Waals surface area (Å²) < 4.78 is 10.4. The fraction of sp³-hybridized carbons (Fsp3) is 0.810. The van der Waals surface area contributed by atoms with E-state index in [1.807, 2.05) is 0 Å². The Hall–Kier alpha value is -2.52. The van der Waals surface area contributed by atoms with Gasteiger partial charge in [-0.05, 0) is 73.6 Å². The smallest absolute Gasteiger partial charge is 0.408 e. The molecule has 1 aliphatic heterocycles. The van der Waals surface area contributed by atoms with E-state index in [2.05, 4.69) is 10.6 Å². The van der Waals surface area contributed by atoms with Crippen LogP contribution in [0.2, 0.25) is 0 Å². The molecule has 0 aromatic heterocycles. The predicted octanol–water partition coefficient (Wildman–Crippen LogP) is 2.65. The van der Waals surface area contributed by atoms with Gasteiger partial charge in [0.25, 0.3) is 0 Å². The number of aliphatic carboxylic acids is 1. The summed E-state index contributed by atoms with van der Waals surface area (Å²) in [6.07, 6.45) is 1.10. The number of carboxylic acids is 1. The maximum atomic E-state index is 13.0. The molecule has 0 unspecified atom stereocenters. The van der Waals surface area contributed by atoms with Crippen molar-refractivity contribution in [1.82, 2.24) is 15.5 Å². The van der Waals surface area contributed by atoms with Crippen LogP contribution in [0.15, 0.2) is 0 Å². The van der Waals surface area contributed by atoms with E-state index in [9.17, 15) is 24.3 Å². The molecule has 1 fully saturated rings. The van der Waals surface area contributed by atoms with Gasteiger partial charge in [0.2, 0.25) is 5.91 Å². The van der Waals surface area contributed by atoms with Gasteiger partial charge in [-0.3, -0.25) is 4.79 Å². The SMILES string of the molecule is CC(C)(C)OC(=O)NCCCC[C@H](NC(=O)OC(C)(C)C)C(=O)N1CCC[C@H]1C(=O)O. The van der Waals surface area contributed by atoms with Gasteiger partial charge in [-0.15, -0.1) is 0 Å². The summed E-state index contributed by atoms with van der Waals surface area (Å²) in [7, 11) is 0. The monoisotopic (exact) mass is 443 g/mol. The second-order valence-corrected chi connectivity index (χ2v) is 9.65. The second-order valence-electron chi connectivity index (χ2n) is 9.65. The van der Waals surface area contributed by atoms with Gasteiger partial charge in [0.15, 0.2) is 0 Å². The number of unbranched alkanes of at least 4 members (excludes halogenated alkanes) is 1. The number of amides is 3. The zero-order valence-electron chi connectivity index (χ0n) is 19.4. The van der Waals surface area contributed by atoms with E-state index in [0.29, 0.717) is 38.8 Å². The highest BCUT2D eigenvalue weighted by molar-refractivity contribution is 5.89. The molecule has 10 heteroatoms. The summed E-state index contributed by atoms with van der Waals surface area (Å²) in [6, 6.07) is -1.79. The maximum absolute atomic E-state index is 13.0. The molecule has 2 atom stereocenters. The Bertz CT molecular complexity index is 652. The van der Waals surface area contributed by atoms with Crippen LogP contribution in [0, 0.1) is 0 Å². The first-order chi connectivity index (χ1) is 14.2. The molecule has 3 amide bonds. The van der Waals surface area contributed by atoms with Crippen molar-refractivity contribution in [1.29, 1.82) is 0 Å². The number of ether oxygens (including phenoxy) is 2. The molecule has 0 saturated carbocycles. The van der Waals surface area contributed by atoms with Crippen molar-refractivity contribution < 1.29 is 33.8 Å². The Morgan fingerprint density at radius 1 is 1.00 bits per heavy atom. The lowest BCUT2D eigenvalue weighted by Crippen LogP contribution is -2.52. The summed E-state index contributed by atoms with van der Waals surface area (Å²) in [4.78, 5) is 49.7. The minimum Gasteiger partial charge on any atom is -0.480 e. The molecule has 10 nitrogen and oxygen atoms in total. The Kier molecular flexibility index (Phi) is 9.58. The van der Waals surface area contributed by atoms with Crippen molar-refractivity contribution >= 4 is 24.1 Å². The maximum Gasteiger partial charge on any atom is 0.408 e. The van der Waals surface area contributed by atoms with E-state index in [1.54, 1.807) is 41.5 Å². The molecule has 0 aliphatic carbocycles.